The molecule has 1 saturated carbocycles. The Morgan fingerprint density at radius 3 is 2.52 bits per heavy atom. The third-order valence-electron chi connectivity index (χ3n) is 5.75. The maximum Gasteiger partial charge on any atom is 0.191 e. The molecule has 1 aliphatic carbocycles. The normalized spacial score (nSPS) is 25.1. The zero-order chi connectivity index (χ0) is 18.0. The van der Waals surface area contributed by atoms with E-state index < -0.39 is 0 Å². The van der Waals surface area contributed by atoms with Crippen LogP contribution in [0.25, 0.3) is 0 Å². The fraction of sp³-hybridized carbons (Fsp3) is 0.778. The Hall–Kier alpha value is -0.830. The van der Waals surface area contributed by atoms with Crippen LogP contribution in [0.1, 0.15) is 51.1 Å². The predicted molar refractivity (Wildman–Crippen MR) is 112 cm³/mol. The minimum Gasteiger partial charge on any atom is -0.378 e. The molecule has 0 amide bonds. The third-order valence-corrected chi connectivity index (χ3v) is 5.75. The molecule has 0 spiro atoms. The number of guanidine groups is 1. The number of halogens is 1. The first-order chi connectivity index (χ1) is 11.2. The number of hydrogen-bond acceptors (Lipinski definition) is 4. The van der Waals surface area contributed by atoms with E-state index in [2.05, 4.69) is 43.5 Å². The molecule has 0 aromatic carbocycles. The van der Waals surface area contributed by atoms with Gasteiger partial charge in [-0.3, -0.25) is 4.99 Å². The summed E-state index contributed by atoms with van der Waals surface area (Å²) in [6.45, 7) is 14.2. The largest absolute Gasteiger partial charge is 0.378 e. The van der Waals surface area contributed by atoms with Crippen LogP contribution in [0.5, 0.6) is 0 Å². The third kappa shape index (κ3) is 4.48. The highest BCUT2D eigenvalue weighted by molar-refractivity contribution is 14.0. The zero-order valence-corrected chi connectivity index (χ0v) is 18.9. The molecule has 2 N–H and O–H groups in total. The molecule has 25 heavy (non-hydrogen) atoms. The number of methoxy groups -OCH3 is 1. The van der Waals surface area contributed by atoms with Gasteiger partial charge in [-0.15, -0.1) is 24.0 Å². The second kappa shape index (κ2) is 8.70. The van der Waals surface area contributed by atoms with Gasteiger partial charge in [0.25, 0.3) is 0 Å². The van der Waals surface area contributed by atoms with Gasteiger partial charge in [0, 0.05) is 37.2 Å². The average molecular weight is 464 g/mol. The molecule has 0 saturated heterocycles. The summed E-state index contributed by atoms with van der Waals surface area (Å²) in [4.78, 5) is 4.72. The lowest BCUT2D eigenvalue weighted by molar-refractivity contribution is -0.176. The lowest BCUT2D eigenvalue weighted by atomic mass is 9.56. The summed E-state index contributed by atoms with van der Waals surface area (Å²) in [6, 6.07) is 0.347. The van der Waals surface area contributed by atoms with Crippen LogP contribution in [0.3, 0.4) is 0 Å². The molecule has 0 radical (unpaired) electrons. The zero-order valence-electron chi connectivity index (χ0n) is 16.5. The maximum absolute atomic E-state index is 5.70. The fourth-order valence-corrected chi connectivity index (χ4v) is 3.35. The van der Waals surface area contributed by atoms with E-state index in [0.717, 1.165) is 42.4 Å². The minimum atomic E-state index is -0.0846. The average Bonchev–Trinajstić information content (AvgIpc) is 2.86. The second-order valence-electron chi connectivity index (χ2n) is 7.37. The summed E-state index contributed by atoms with van der Waals surface area (Å²) in [6.07, 6.45) is 1.81. The van der Waals surface area contributed by atoms with Crippen molar-refractivity contribution in [2.45, 2.75) is 66.0 Å². The van der Waals surface area contributed by atoms with E-state index in [1.54, 1.807) is 7.11 Å². The molecule has 1 heterocycles. The highest BCUT2D eigenvalue weighted by Crippen LogP contribution is 2.51. The van der Waals surface area contributed by atoms with Crippen LogP contribution in [0.4, 0.5) is 0 Å². The Morgan fingerprint density at radius 2 is 2.04 bits per heavy atom. The van der Waals surface area contributed by atoms with Gasteiger partial charge < -0.3 is 19.9 Å². The molecule has 0 aliphatic heterocycles. The summed E-state index contributed by atoms with van der Waals surface area (Å²) < 4.78 is 10.9. The fourth-order valence-electron chi connectivity index (χ4n) is 3.35. The van der Waals surface area contributed by atoms with Crippen molar-refractivity contribution in [2.24, 2.45) is 10.4 Å². The Morgan fingerprint density at radius 1 is 1.36 bits per heavy atom. The molecule has 0 bridgehead atoms. The maximum atomic E-state index is 5.70. The number of aliphatic imine (C=N–C) groups is 1. The molecule has 7 heteroatoms. The van der Waals surface area contributed by atoms with Crippen molar-refractivity contribution >= 4 is 29.9 Å². The van der Waals surface area contributed by atoms with Gasteiger partial charge in [-0.1, -0.05) is 19.0 Å². The molecule has 1 aliphatic rings. The lowest BCUT2D eigenvalue weighted by Crippen LogP contribution is -2.69. The van der Waals surface area contributed by atoms with E-state index in [-0.39, 0.29) is 35.0 Å². The van der Waals surface area contributed by atoms with Crippen LogP contribution >= 0.6 is 24.0 Å². The summed E-state index contributed by atoms with van der Waals surface area (Å²) in [5, 5.41) is 10.9. The monoisotopic (exact) mass is 464 g/mol. The van der Waals surface area contributed by atoms with Gasteiger partial charge in [-0.05, 0) is 40.5 Å². The smallest absolute Gasteiger partial charge is 0.191 e. The van der Waals surface area contributed by atoms with Crippen LogP contribution in [-0.4, -0.2) is 43.0 Å². The van der Waals surface area contributed by atoms with Gasteiger partial charge >= 0.3 is 0 Å². The molecule has 1 fully saturated rings. The minimum absolute atomic E-state index is 0. The standard InChI is InChI=1S/C18H32N4O2.HI/c1-8-19-16(20-10-9-14-12(2)22-24-13(14)3)21-15-11-18(6,23-7)17(15,4)5;/h15H,8-11H2,1-7H3,(H2,19,20,21);1H. The van der Waals surface area contributed by atoms with Crippen molar-refractivity contribution < 1.29 is 9.26 Å². The summed E-state index contributed by atoms with van der Waals surface area (Å²) in [5.41, 5.74) is 2.08. The van der Waals surface area contributed by atoms with E-state index in [1.807, 2.05) is 13.8 Å². The van der Waals surface area contributed by atoms with Crippen LogP contribution in [-0.2, 0) is 11.2 Å². The molecular formula is C18H33IN4O2. The summed E-state index contributed by atoms with van der Waals surface area (Å²) in [7, 11) is 1.79. The molecule has 2 rings (SSSR count). The van der Waals surface area contributed by atoms with Crippen molar-refractivity contribution in [1.29, 1.82) is 0 Å². The van der Waals surface area contributed by atoms with Crippen molar-refractivity contribution in [3.05, 3.63) is 17.0 Å². The Bertz CT molecular complexity index is 580. The van der Waals surface area contributed by atoms with Gasteiger partial charge in [0.15, 0.2) is 5.96 Å². The van der Waals surface area contributed by atoms with Crippen molar-refractivity contribution in [2.75, 3.05) is 20.2 Å². The first-order valence-electron chi connectivity index (χ1n) is 8.77. The van der Waals surface area contributed by atoms with Crippen molar-refractivity contribution in [3.8, 4) is 0 Å². The molecule has 144 valence electrons. The Labute approximate surface area is 168 Å². The first-order valence-corrected chi connectivity index (χ1v) is 8.77. The van der Waals surface area contributed by atoms with Gasteiger partial charge in [0.2, 0.25) is 0 Å². The second-order valence-corrected chi connectivity index (χ2v) is 7.37. The first kappa shape index (κ1) is 22.2. The number of nitrogens with zero attached hydrogens (tertiary/aromatic N) is 2. The number of rotatable bonds is 6. The summed E-state index contributed by atoms with van der Waals surface area (Å²) >= 11 is 0. The molecular weight excluding hydrogens is 431 g/mol. The Balaban J connectivity index is 0.00000312. The van der Waals surface area contributed by atoms with E-state index in [4.69, 9.17) is 14.3 Å². The van der Waals surface area contributed by atoms with Gasteiger partial charge in [-0.25, -0.2) is 0 Å². The SMILES string of the molecule is CCNC(=NCCc1c(C)noc1C)NC1CC(C)(OC)C1(C)C.I. The Kier molecular flexibility index (Phi) is 7.73. The lowest BCUT2D eigenvalue weighted by Gasteiger charge is -2.59. The van der Waals surface area contributed by atoms with E-state index in [0.29, 0.717) is 12.6 Å². The predicted octanol–water partition coefficient (Wildman–Crippen LogP) is 3.21. The molecule has 2 unspecified atom stereocenters. The molecule has 2 atom stereocenters. The molecule has 6 nitrogen and oxygen atoms in total. The highest BCUT2D eigenvalue weighted by atomic mass is 127. The van der Waals surface area contributed by atoms with Crippen LogP contribution in [0, 0.1) is 19.3 Å². The molecule has 1 aromatic heterocycles. The number of aryl methyl sites for hydroxylation is 2. The number of nitrogens with one attached hydrogen (secondary N) is 2. The van der Waals surface area contributed by atoms with Gasteiger partial charge in [0.05, 0.1) is 11.3 Å². The van der Waals surface area contributed by atoms with E-state index in [9.17, 15) is 0 Å². The highest BCUT2D eigenvalue weighted by Gasteiger charge is 2.58. The van der Waals surface area contributed by atoms with Crippen molar-refractivity contribution in [1.82, 2.24) is 15.8 Å². The van der Waals surface area contributed by atoms with Crippen LogP contribution in [0.15, 0.2) is 9.52 Å². The van der Waals surface area contributed by atoms with Crippen LogP contribution < -0.4 is 10.6 Å². The van der Waals surface area contributed by atoms with Crippen molar-refractivity contribution in [3.63, 3.8) is 0 Å². The van der Waals surface area contributed by atoms with E-state index >= 15 is 0 Å². The topological polar surface area (TPSA) is 71.7 Å². The van der Waals surface area contributed by atoms with Gasteiger partial charge in [-0.2, -0.15) is 0 Å². The van der Waals surface area contributed by atoms with Gasteiger partial charge in [0.1, 0.15) is 5.76 Å². The number of ether oxygens (including phenoxy) is 1. The van der Waals surface area contributed by atoms with Crippen LogP contribution in [0.2, 0.25) is 0 Å². The summed E-state index contributed by atoms with van der Waals surface area (Å²) in [5.74, 6) is 1.75. The molecule has 1 aromatic rings. The van der Waals surface area contributed by atoms with E-state index in [1.165, 1.54) is 0 Å². The number of aromatic nitrogens is 1. The number of hydrogen-bond donors (Lipinski definition) is 2. The quantitative estimate of drug-likeness (QED) is 0.385.